The Morgan fingerprint density at radius 3 is 2.54 bits per heavy atom. The van der Waals surface area contributed by atoms with E-state index in [4.69, 9.17) is 12.2 Å². The van der Waals surface area contributed by atoms with E-state index >= 15 is 0 Å². The molecule has 8 heteroatoms. The van der Waals surface area contributed by atoms with Crippen LogP contribution in [0.5, 0.6) is 0 Å². The normalized spacial score (nSPS) is 10.5. The molecule has 0 aliphatic rings. The number of aromatic amines is 1. The van der Waals surface area contributed by atoms with Crippen LogP contribution < -0.4 is 21.5 Å². The summed E-state index contributed by atoms with van der Waals surface area (Å²) in [6, 6.07) is 14.6. The number of hydrogen-bond acceptors (Lipinski definition) is 5. The van der Waals surface area contributed by atoms with Crippen molar-refractivity contribution < 1.29 is 4.79 Å². The number of aromatic nitrogens is 2. The minimum Gasteiger partial charge on any atom is -0.368 e. The molecule has 0 radical (unpaired) electrons. The van der Waals surface area contributed by atoms with Crippen molar-refractivity contribution in [2.45, 2.75) is 13.3 Å². The molecule has 3 aromatic rings. The number of anilines is 1. The molecule has 0 fully saturated rings. The predicted molar refractivity (Wildman–Crippen MR) is 115 cm³/mol. The van der Waals surface area contributed by atoms with Crippen molar-refractivity contribution in [3.05, 3.63) is 70.0 Å². The second kappa shape index (κ2) is 9.09. The summed E-state index contributed by atoms with van der Waals surface area (Å²) < 4.78 is 0. The molecular formula is C20H21N5O2S. The molecule has 7 nitrogen and oxygen atoms in total. The average molecular weight is 395 g/mol. The van der Waals surface area contributed by atoms with E-state index in [1.807, 2.05) is 37.3 Å². The summed E-state index contributed by atoms with van der Waals surface area (Å²) in [7, 11) is 0. The number of thiocarbonyl (C=S) groups is 1. The molecule has 28 heavy (non-hydrogen) atoms. The Kier molecular flexibility index (Phi) is 6.33. The molecule has 0 aliphatic carbocycles. The third-order valence-corrected chi connectivity index (χ3v) is 4.41. The van der Waals surface area contributed by atoms with Gasteiger partial charge in [0.15, 0.2) is 10.9 Å². The first kappa shape index (κ1) is 19.5. The summed E-state index contributed by atoms with van der Waals surface area (Å²) >= 11 is 5.16. The van der Waals surface area contributed by atoms with Crippen LogP contribution in [0.15, 0.2) is 53.3 Å². The van der Waals surface area contributed by atoms with Crippen molar-refractivity contribution in [3.63, 3.8) is 0 Å². The Hall–Kier alpha value is -3.26. The molecule has 4 N–H and O–H groups in total. The number of carbonyl (C=O) groups is 1. The maximum Gasteiger partial charge on any atom is 0.272 e. The number of aryl methyl sites for hydroxylation is 1. The van der Waals surface area contributed by atoms with Gasteiger partial charge in [-0.3, -0.25) is 14.9 Å². The summed E-state index contributed by atoms with van der Waals surface area (Å²) in [5, 5.41) is 17.1. The zero-order valence-electron chi connectivity index (χ0n) is 15.4. The molecule has 0 saturated heterocycles. The first-order chi connectivity index (χ1) is 13.5. The smallest absolute Gasteiger partial charge is 0.272 e. The molecule has 1 amide bonds. The van der Waals surface area contributed by atoms with Crippen LogP contribution in [0.25, 0.3) is 10.8 Å². The van der Waals surface area contributed by atoms with Gasteiger partial charge in [0.2, 0.25) is 0 Å². The molecule has 1 aromatic heterocycles. The second-order valence-corrected chi connectivity index (χ2v) is 6.71. The minimum atomic E-state index is -0.237. The fourth-order valence-corrected chi connectivity index (χ4v) is 2.87. The lowest BCUT2D eigenvalue weighted by molar-refractivity contribution is 0.0976. The van der Waals surface area contributed by atoms with E-state index in [1.54, 1.807) is 18.2 Å². The summed E-state index contributed by atoms with van der Waals surface area (Å²) in [6.07, 6.45) is 0.746. The highest BCUT2D eigenvalue weighted by Gasteiger charge is 2.07. The Balaban J connectivity index is 1.43. The molecular weight excluding hydrogens is 374 g/mol. The van der Waals surface area contributed by atoms with Crippen LogP contribution in [0.3, 0.4) is 0 Å². The number of hydrogen-bond donors (Lipinski definition) is 4. The molecule has 3 rings (SSSR count). The lowest BCUT2D eigenvalue weighted by atomic mass is 10.1. The van der Waals surface area contributed by atoms with Gasteiger partial charge in [0.05, 0.1) is 5.39 Å². The highest BCUT2D eigenvalue weighted by molar-refractivity contribution is 7.80. The number of amides is 1. The lowest BCUT2D eigenvalue weighted by Gasteiger charge is -2.11. The minimum absolute atomic E-state index is 0.211. The van der Waals surface area contributed by atoms with Crippen molar-refractivity contribution in [1.29, 1.82) is 0 Å². The van der Waals surface area contributed by atoms with Gasteiger partial charge < -0.3 is 10.6 Å². The topological polar surface area (TPSA) is 98.9 Å². The van der Waals surface area contributed by atoms with Gasteiger partial charge in [-0.15, -0.1) is 0 Å². The zero-order valence-corrected chi connectivity index (χ0v) is 16.2. The molecule has 0 aliphatic heterocycles. The van der Waals surface area contributed by atoms with Gasteiger partial charge in [0.25, 0.3) is 11.5 Å². The van der Waals surface area contributed by atoms with Gasteiger partial charge in [-0.1, -0.05) is 35.9 Å². The van der Waals surface area contributed by atoms with Gasteiger partial charge in [0.1, 0.15) is 0 Å². The van der Waals surface area contributed by atoms with Gasteiger partial charge >= 0.3 is 0 Å². The number of nitrogens with zero attached hydrogens (tertiary/aromatic N) is 1. The van der Waals surface area contributed by atoms with E-state index in [2.05, 4.69) is 26.1 Å². The number of carbonyl (C=O) groups excluding carboxylic acids is 1. The van der Waals surface area contributed by atoms with Gasteiger partial charge in [0, 0.05) is 24.0 Å². The highest BCUT2D eigenvalue weighted by Crippen LogP contribution is 2.16. The average Bonchev–Trinajstić information content (AvgIpc) is 2.70. The lowest BCUT2D eigenvalue weighted by Crippen LogP contribution is -2.39. The highest BCUT2D eigenvalue weighted by atomic mass is 32.1. The molecule has 2 aromatic carbocycles. The fourth-order valence-electron chi connectivity index (χ4n) is 2.67. The molecule has 144 valence electrons. The number of rotatable bonds is 6. The quantitative estimate of drug-likeness (QED) is 0.378. The predicted octanol–water partition coefficient (Wildman–Crippen LogP) is 2.34. The summed E-state index contributed by atoms with van der Waals surface area (Å²) in [6.45, 7) is 3.18. The molecule has 0 unspecified atom stereocenters. The van der Waals surface area contributed by atoms with Gasteiger partial charge in [-0.25, -0.2) is 5.10 Å². The van der Waals surface area contributed by atoms with Crippen molar-refractivity contribution in [2.24, 2.45) is 0 Å². The Labute approximate surface area is 167 Å². The van der Waals surface area contributed by atoms with E-state index in [-0.39, 0.29) is 16.6 Å². The van der Waals surface area contributed by atoms with E-state index in [1.165, 1.54) is 0 Å². The largest absolute Gasteiger partial charge is 0.368 e. The second-order valence-electron chi connectivity index (χ2n) is 6.30. The molecule has 1 heterocycles. The fraction of sp³-hybridized carbons (Fsp3) is 0.200. The molecule has 0 atom stereocenters. The number of H-pyrrole nitrogens is 1. The number of benzene rings is 2. The molecule has 0 spiro atoms. The monoisotopic (exact) mass is 395 g/mol. The number of fused-ring (bicyclic) bond motifs is 1. The molecule has 0 bridgehead atoms. The van der Waals surface area contributed by atoms with E-state index in [0.29, 0.717) is 29.9 Å². The molecule has 0 saturated carbocycles. The maximum absolute atomic E-state index is 12.1. The van der Waals surface area contributed by atoms with Crippen LogP contribution in [-0.4, -0.2) is 34.3 Å². The Bertz CT molecular complexity index is 1050. The van der Waals surface area contributed by atoms with Crippen LogP contribution in [0.1, 0.15) is 22.3 Å². The Morgan fingerprint density at radius 1 is 1.07 bits per heavy atom. The first-order valence-corrected chi connectivity index (χ1v) is 9.32. The van der Waals surface area contributed by atoms with Crippen LogP contribution in [-0.2, 0) is 0 Å². The van der Waals surface area contributed by atoms with Crippen LogP contribution in [0.4, 0.5) is 5.82 Å². The van der Waals surface area contributed by atoms with E-state index in [9.17, 15) is 9.59 Å². The van der Waals surface area contributed by atoms with Crippen LogP contribution in [0, 0.1) is 6.92 Å². The van der Waals surface area contributed by atoms with Gasteiger partial charge in [-0.2, -0.15) is 5.10 Å². The van der Waals surface area contributed by atoms with Crippen molar-refractivity contribution in [1.82, 2.24) is 20.8 Å². The Morgan fingerprint density at radius 2 is 1.79 bits per heavy atom. The third kappa shape index (κ3) is 4.92. The number of nitrogens with one attached hydrogen (secondary N) is 4. The third-order valence-electron chi connectivity index (χ3n) is 4.17. The summed E-state index contributed by atoms with van der Waals surface area (Å²) in [5.74, 6) is 0.394. The first-order valence-electron chi connectivity index (χ1n) is 8.92. The van der Waals surface area contributed by atoms with Crippen molar-refractivity contribution in [2.75, 3.05) is 18.4 Å². The van der Waals surface area contributed by atoms with Crippen LogP contribution >= 0.6 is 12.2 Å². The van der Waals surface area contributed by atoms with Crippen molar-refractivity contribution in [3.8, 4) is 0 Å². The maximum atomic E-state index is 12.1. The van der Waals surface area contributed by atoms with E-state index < -0.39 is 0 Å². The van der Waals surface area contributed by atoms with E-state index in [0.717, 1.165) is 17.4 Å². The summed E-state index contributed by atoms with van der Waals surface area (Å²) in [4.78, 5) is 23.9. The SMILES string of the molecule is Cc1ccc(C(=O)NC(=S)NCCCNc2n[nH]c(=O)c3ccccc23)cc1. The zero-order chi connectivity index (χ0) is 19.9. The standard InChI is InChI=1S/C20H21N5O2S/c1-13-7-9-14(10-8-13)18(26)23-20(28)22-12-4-11-21-17-15-5-2-3-6-16(15)19(27)25-24-17/h2-3,5-10H,4,11-12H2,1H3,(H,21,24)(H,25,27)(H2,22,23,26,28). The van der Waals surface area contributed by atoms with Gasteiger partial charge in [-0.05, 0) is 43.8 Å². The van der Waals surface area contributed by atoms with Crippen molar-refractivity contribution >= 4 is 39.8 Å². The van der Waals surface area contributed by atoms with Crippen LogP contribution in [0.2, 0.25) is 0 Å². The summed E-state index contributed by atoms with van der Waals surface area (Å²) in [5.41, 5.74) is 1.44.